The molecule has 1 aromatic heterocycles. The van der Waals surface area contributed by atoms with Gasteiger partial charge in [-0.2, -0.15) is 0 Å². The van der Waals surface area contributed by atoms with Crippen molar-refractivity contribution in [2.45, 2.75) is 19.4 Å². The van der Waals surface area contributed by atoms with E-state index in [0.717, 1.165) is 10.8 Å². The standard InChI is InChI=1S/C15H18N2O4/c1-4-11(15(18)19)17-14-10-8-13(21-3)12(20-2)7-9(10)5-6-16-14/h5-8,11H,4H2,1-3H3,(H,16,17)(H,18,19). The van der Waals surface area contributed by atoms with E-state index in [9.17, 15) is 4.79 Å². The van der Waals surface area contributed by atoms with Gasteiger partial charge in [0, 0.05) is 11.6 Å². The average Bonchev–Trinajstić information content (AvgIpc) is 2.50. The molecule has 21 heavy (non-hydrogen) atoms. The number of carboxylic acid groups (broad SMARTS) is 1. The van der Waals surface area contributed by atoms with Crippen LogP contribution in [0.15, 0.2) is 24.4 Å². The molecule has 2 aromatic rings. The summed E-state index contributed by atoms with van der Waals surface area (Å²) >= 11 is 0. The van der Waals surface area contributed by atoms with Crippen LogP contribution in [-0.4, -0.2) is 36.3 Å². The number of hydrogen-bond acceptors (Lipinski definition) is 5. The highest BCUT2D eigenvalue weighted by Gasteiger charge is 2.17. The van der Waals surface area contributed by atoms with Crippen LogP contribution in [0.5, 0.6) is 11.5 Å². The average molecular weight is 290 g/mol. The van der Waals surface area contributed by atoms with Crippen LogP contribution in [0.2, 0.25) is 0 Å². The Morgan fingerprint density at radius 2 is 2.00 bits per heavy atom. The maximum atomic E-state index is 11.2. The maximum absolute atomic E-state index is 11.2. The Bertz CT molecular complexity index is 657. The number of rotatable bonds is 6. The summed E-state index contributed by atoms with van der Waals surface area (Å²) in [5, 5.41) is 13.8. The number of aromatic nitrogens is 1. The fraction of sp³-hybridized carbons (Fsp3) is 0.333. The monoisotopic (exact) mass is 290 g/mol. The van der Waals surface area contributed by atoms with Gasteiger partial charge in [-0.05, 0) is 30.0 Å². The van der Waals surface area contributed by atoms with Crippen molar-refractivity contribution in [3.05, 3.63) is 24.4 Å². The van der Waals surface area contributed by atoms with Crippen molar-refractivity contribution in [1.29, 1.82) is 0 Å². The molecule has 0 aliphatic heterocycles. The van der Waals surface area contributed by atoms with Gasteiger partial charge in [0.05, 0.1) is 14.2 Å². The molecule has 0 aliphatic carbocycles. The molecule has 112 valence electrons. The van der Waals surface area contributed by atoms with E-state index in [-0.39, 0.29) is 0 Å². The molecule has 0 saturated heterocycles. The van der Waals surface area contributed by atoms with Crippen molar-refractivity contribution in [3.8, 4) is 11.5 Å². The minimum absolute atomic E-state index is 0.459. The SMILES string of the molecule is CCC(Nc1nccc2cc(OC)c(OC)cc12)C(=O)O. The van der Waals surface area contributed by atoms with Crippen LogP contribution in [0, 0.1) is 0 Å². The van der Waals surface area contributed by atoms with Crippen LogP contribution in [0.25, 0.3) is 10.8 Å². The summed E-state index contributed by atoms with van der Waals surface area (Å²) in [5.41, 5.74) is 0. The van der Waals surface area contributed by atoms with E-state index >= 15 is 0 Å². The number of carboxylic acids is 1. The third-order valence-corrected chi connectivity index (χ3v) is 3.29. The van der Waals surface area contributed by atoms with E-state index in [2.05, 4.69) is 10.3 Å². The van der Waals surface area contributed by atoms with Gasteiger partial charge in [-0.15, -0.1) is 0 Å². The Balaban J connectivity index is 2.51. The van der Waals surface area contributed by atoms with Gasteiger partial charge in [-0.25, -0.2) is 9.78 Å². The molecule has 0 amide bonds. The van der Waals surface area contributed by atoms with Gasteiger partial charge in [0.15, 0.2) is 11.5 Å². The lowest BCUT2D eigenvalue weighted by atomic mass is 10.1. The smallest absolute Gasteiger partial charge is 0.326 e. The van der Waals surface area contributed by atoms with E-state index in [0.29, 0.717) is 23.7 Å². The van der Waals surface area contributed by atoms with Gasteiger partial charge in [-0.1, -0.05) is 6.92 Å². The first-order chi connectivity index (χ1) is 10.1. The fourth-order valence-electron chi connectivity index (χ4n) is 2.12. The molecular weight excluding hydrogens is 272 g/mol. The number of anilines is 1. The third kappa shape index (κ3) is 2.99. The van der Waals surface area contributed by atoms with E-state index < -0.39 is 12.0 Å². The maximum Gasteiger partial charge on any atom is 0.326 e. The van der Waals surface area contributed by atoms with Gasteiger partial charge in [0.2, 0.25) is 0 Å². The minimum atomic E-state index is -0.906. The predicted molar refractivity (Wildman–Crippen MR) is 80.2 cm³/mol. The van der Waals surface area contributed by atoms with Crippen LogP contribution in [0.1, 0.15) is 13.3 Å². The summed E-state index contributed by atoms with van der Waals surface area (Å²) in [6, 6.07) is 4.78. The van der Waals surface area contributed by atoms with E-state index in [1.165, 1.54) is 0 Å². The van der Waals surface area contributed by atoms with Crippen LogP contribution in [0.4, 0.5) is 5.82 Å². The van der Waals surface area contributed by atoms with Gasteiger partial charge < -0.3 is 19.9 Å². The first-order valence-electron chi connectivity index (χ1n) is 6.60. The predicted octanol–water partition coefficient (Wildman–Crippen LogP) is 2.53. The number of aliphatic carboxylic acids is 1. The first kappa shape index (κ1) is 14.9. The minimum Gasteiger partial charge on any atom is -0.493 e. The molecule has 1 unspecified atom stereocenters. The largest absolute Gasteiger partial charge is 0.493 e. The normalized spacial score (nSPS) is 12.0. The number of nitrogens with one attached hydrogen (secondary N) is 1. The Morgan fingerprint density at radius 1 is 1.33 bits per heavy atom. The van der Waals surface area contributed by atoms with E-state index in [1.54, 1.807) is 33.4 Å². The van der Waals surface area contributed by atoms with Gasteiger partial charge in [-0.3, -0.25) is 0 Å². The first-order valence-corrected chi connectivity index (χ1v) is 6.60. The van der Waals surface area contributed by atoms with Crippen molar-refractivity contribution in [3.63, 3.8) is 0 Å². The molecule has 2 rings (SSSR count). The molecule has 0 saturated carbocycles. The highest BCUT2D eigenvalue weighted by Crippen LogP contribution is 2.34. The van der Waals surface area contributed by atoms with Crippen molar-refractivity contribution < 1.29 is 19.4 Å². The second-order valence-electron chi connectivity index (χ2n) is 4.53. The van der Waals surface area contributed by atoms with Crippen LogP contribution in [0.3, 0.4) is 0 Å². The lowest BCUT2D eigenvalue weighted by Crippen LogP contribution is -2.28. The number of benzene rings is 1. The van der Waals surface area contributed by atoms with Crippen molar-refractivity contribution >= 4 is 22.6 Å². The number of methoxy groups -OCH3 is 2. The number of hydrogen-bond donors (Lipinski definition) is 2. The highest BCUT2D eigenvalue weighted by molar-refractivity contribution is 5.95. The number of pyridine rings is 1. The molecule has 0 fully saturated rings. The molecule has 1 aromatic carbocycles. The topological polar surface area (TPSA) is 80.7 Å². The Labute approximate surface area is 122 Å². The molecule has 1 atom stereocenters. The van der Waals surface area contributed by atoms with Crippen LogP contribution in [-0.2, 0) is 4.79 Å². The Morgan fingerprint density at radius 3 is 2.57 bits per heavy atom. The van der Waals surface area contributed by atoms with Gasteiger partial charge in [0.1, 0.15) is 11.9 Å². The molecule has 0 radical (unpaired) electrons. The molecule has 1 heterocycles. The number of ether oxygens (including phenoxy) is 2. The molecule has 0 spiro atoms. The van der Waals surface area contributed by atoms with Crippen LogP contribution < -0.4 is 14.8 Å². The Kier molecular flexibility index (Phi) is 4.47. The summed E-state index contributed by atoms with van der Waals surface area (Å²) in [5.74, 6) is 0.802. The molecule has 2 N–H and O–H groups in total. The number of carbonyl (C=O) groups is 1. The van der Waals surface area contributed by atoms with E-state index in [4.69, 9.17) is 14.6 Å². The second-order valence-corrected chi connectivity index (χ2v) is 4.53. The summed E-state index contributed by atoms with van der Waals surface area (Å²) < 4.78 is 10.5. The zero-order valence-corrected chi connectivity index (χ0v) is 12.2. The summed E-state index contributed by atoms with van der Waals surface area (Å²) in [6.07, 6.45) is 2.09. The van der Waals surface area contributed by atoms with Crippen molar-refractivity contribution in [1.82, 2.24) is 4.98 Å². The fourth-order valence-corrected chi connectivity index (χ4v) is 2.12. The van der Waals surface area contributed by atoms with Gasteiger partial charge >= 0.3 is 5.97 Å². The summed E-state index contributed by atoms with van der Waals surface area (Å²) in [7, 11) is 3.13. The molecule has 6 heteroatoms. The van der Waals surface area contributed by atoms with Crippen LogP contribution >= 0.6 is 0 Å². The molecule has 0 bridgehead atoms. The van der Waals surface area contributed by atoms with Gasteiger partial charge in [0.25, 0.3) is 0 Å². The lowest BCUT2D eigenvalue weighted by molar-refractivity contribution is -0.137. The quantitative estimate of drug-likeness (QED) is 0.851. The summed E-state index contributed by atoms with van der Waals surface area (Å²) in [4.78, 5) is 15.4. The van der Waals surface area contributed by atoms with Crippen molar-refractivity contribution in [2.24, 2.45) is 0 Å². The summed E-state index contributed by atoms with van der Waals surface area (Å²) in [6.45, 7) is 1.81. The second kappa shape index (κ2) is 6.30. The zero-order valence-electron chi connectivity index (χ0n) is 12.2. The molecule has 6 nitrogen and oxygen atoms in total. The number of fused-ring (bicyclic) bond motifs is 1. The number of nitrogens with zero attached hydrogens (tertiary/aromatic N) is 1. The molecular formula is C15H18N2O4. The highest BCUT2D eigenvalue weighted by atomic mass is 16.5. The Hall–Kier alpha value is -2.50. The third-order valence-electron chi connectivity index (χ3n) is 3.29. The lowest BCUT2D eigenvalue weighted by Gasteiger charge is -2.16. The van der Waals surface area contributed by atoms with E-state index in [1.807, 2.05) is 12.1 Å². The molecule has 0 aliphatic rings. The zero-order chi connectivity index (χ0) is 15.4. The van der Waals surface area contributed by atoms with Crippen molar-refractivity contribution in [2.75, 3.05) is 19.5 Å².